The normalized spacial score (nSPS) is 13.4. The second kappa shape index (κ2) is 6.98. The SMILES string of the molecule is CC(C)n1c(=O)c2cc(N(C)C)ccc2n(CN2C(=O)c3ccccc3C2=O)c1=O. The molecule has 0 bridgehead atoms. The molecule has 0 radical (unpaired) electrons. The van der Waals surface area contributed by atoms with E-state index in [0.717, 1.165) is 15.2 Å². The van der Waals surface area contributed by atoms with Crippen LogP contribution < -0.4 is 16.1 Å². The Morgan fingerprint density at radius 1 is 0.900 bits per heavy atom. The minimum Gasteiger partial charge on any atom is -0.378 e. The van der Waals surface area contributed by atoms with Crippen LogP contribution in [0.5, 0.6) is 0 Å². The number of fused-ring (bicyclic) bond motifs is 2. The fraction of sp³-hybridized carbons (Fsp3) is 0.273. The van der Waals surface area contributed by atoms with E-state index in [0.29, 0.717) is 22.0 Å². The number of hydrogen-bond acceptors (Lipinski definition) is 5. The van der Waals surface area contributed by atoms with Crippen molar-refractivity contribution in [3.8, 4) is 0 Å². The lowest BCUT2D eigenvalue weighted by Crippen LogP contribution is -2.44. The molecule has 0 spiro atoms. The first-order chi connectivity index (χ1) is 14.2. The predicted octanol–water partition coefficient (Wildman–Crippen LogP) is 2.06. The van der Waals surface area contributed by atoms with Crippen molar-refractivity contribution < 1.29 is 9.59 Å². The zero-order valence-corrected chi connectivity index (χ0v) is 17.2. The van der Waals surface area contributed by atoms with Gasteiger partial charge in [0.2, 0.25) is 0 Å². The van der Waals surface area contributed by atoms with Crippen LogP contribution in [0, 0.1) is 0 Å². The molecule has 1 aliphatic heterocycles. The smallest absolute Gasteiger partial charge is 0.333 e. The third-order valence-electron chi connectivity index (χ3n) is 5.35. The molecular weight excluding hydrogens is 384 g/mol. The van der Waals surface area contributed by atoms with Crippen molar-refractivity contribution in [2.24, 2.45) is 0 Å². The molecule has 0 atom stereocenters. The van der Waals surface area contributed by atoms with Gasteiger partial charge in [-0.05, 0) is 44.2 Å². The minimum atomic E-state index is -0.559. The van der Waals surface area contributed by atoms with E-state index in [1.165, 1.54) is 4.57 Å². The van der Waals surface area contributed by atoms with Gasteiger partial charge in [-0.3, -0.25) is 28.4 Å². The molecule has 0 N–H and O–H groups in total. The Hall–Kier alpha value is -3.68. The topological polar surface area (TPSA) is 84.6 Å². The molecule has 1 aliphatic rings. The second-order valence-corrected chi connectivity index (χ2v) is 7.80. The van der Waals surface area contributed by atoms with Crippen molar-refractivity contribution in [2.75, 3.05) is 19.0 Å². The van der Waals surface area contributed by atoms with Gasteiger partial charge in [-0.15, -0.1) is 0 Å². The summed E-state index contributed by atoms with van der Waals surface area (Å²) in [6.07, 6.45) is 0. The summed E-state index contributed by atoms with van der Waals surface area (Å²) in [7, 11) is 3.72. The number of nitrogens with zero attached hydrogens (tertiary/aromatic N) is 4. The average Bonchev–Trinajstić information content (AvgIpc) is 2.95. The van der Waals surface area contributed by atoms with Crippen molar-refractivity contribution in [3.05, 3.63) is 74.4 Å². The first-order valence-corrected chi connectivity index (χ1v) is 9.64. The highest BCUT2D eigenvalue weighted by Gasteiger charge is 2.36. The maximum absolute atomic E-state index is 13.2. The lowest BCUT2D eigenvalue weighted by molar-refractivity contribution is 0.0605. The minimum absolute atomic E-state index is 0.268. The van der Waals surface area contributed by atoms with Gasteiger partial charge in [0, 0.05) is 25.8 Å². The highest BCUT2D eigenvalue weighted by molar-refractivity contribution is 6.21. The largest absolute Gasteiger partial charge is 0.378 e. The first kappa shape index (κ1) is 19.6. The standard InChI is InChI=1S/C22H22N4O4/c1-13(2)26-21(29)17-11-14(23(3)4)9-10-18(17)24(22(26)30)12-25-19(27)15-7-5-6-8-16(15)20(25)28/h5-11,13H,12H2,1-4H3. The van der Waals surface area contributed by atoms with Gasteiger partial charge in [0.1, 0.15) is 6.67 Å². The van der Waals surface area contributed by atoms with E-state index in [9.17, 15) is 19.2 Å². The fourth-order valence-corrected chi connectivity index (χ4v) is 3.76. The summed E-state index contributed by atoms with van der Waals surface area (Å²) < 4.78 is 2.47. The van der Waals surface area contributed by atoms with Crippen molar-refractivity contribution in [3.63, 3.8) is 0 Å². The summed E-state index contributed by atoms with van der Waals surface area (Å²) in [5.74, 6) is -0.911. The Balaban J connectivity index is 1.93. The number of benzene rings is 2. The Kier molecular flexibility index (Phi) is 4.57. The lowest BCUT2D eigenvalue weighted by atomic mass is 10.1. The summed E-state index contributed by atoms with van der Waals surface area (Å²) in [5.41, 5.74) is 0.854. The van der Waals surface area contributed by atoms with Gasteiger partial charge in [0.05, 0.1) is 22.0 Å². The molecule has 2 heterocycles. The predicted molar refractivity (Wildman–Crippen MR) is 114 cm³/mol. The van der Waals surface area contributed by atoms with E-state index in [2.05, 4.69) is 0 Å². The van der Waals surface area contributed by atoms with E-state index < -0.39 is 23.1 Å². The Morgan fingerprint density at radius 2 is 1.50 bits per heavy atom. The number of amides is 2. The molecule has 3 aromatic rings. The third-order valence-corrected chi connectivity index (χ3v) is 5.35. The summed E-state index contributed by atoms with van der Waals surface area (Å²) >= 11 is 0. The van der Waals surface area contributed by atoms with Crippen LogP contribution in [0.4, 0.5) is 5.69 Å². The van der Waals surface area contributed by atoms with Crippen LogP contribution >= 0.6 is 0 Å². The van der Waals surface area contributed by atoms with Gasteiger partial charge < -0.3 is 4.90 Å². The van der Waals surface area contributed by atoms with Crippen LogP contribution in [0.15, 0.2) is 52.1 Å². The van der Waals surface area contributed by atoms with Crippen LogP contribution in [-0.4, -0.2) is 39.9 Å². The lowest BCUT2D eigenvalue weighted by Gasteiger charge is -2.21. The van der Waals surface area contributed by atoms with E-state index in [-0.39, 0.29) is 12.7 Å². The summed E-state index contributed by atoms with van der Waals surface area (Å²) in [6.45, 7) is 3.23. The number of carbonyl (C=O) groups excluding carboxylic acids is 2. The zero-order chi connectivity index (χ0) is 21.7. The Labute approximate surface area is 172 Å². The second-order valence-electron chi connectivity index (χ2n) is 7.80. The molecule has 1 aromatic heterocycles. The highest BCUT2D eigenvalue weighted by Crippen LogP contribution is 2.24. The van der Waals surface area contributed by atoms with E-state index in [1.807, 2.05) is 19.0 Å². The molecule has 4 rings (SSSR count). The summed E-state index contributed by atoms with van der Waals surface area (Å²) in [4.78, 5) is 54.8. The number of aromatic nitrogens is 2. The van der Waals surface area contributed by atoms with Crippen molar-refractivity contribution in [1.29, 1.82) is 0 Å². The van der Waals surface area contributed by atoms with Crippen LogP contribution in [0.3, 0.4) is 0 Å². The van der Waals surface area contributed by atoms with E-state index in [4.69, 9.17) is 0 Å². The molecule has 8 nitrogen and oxygen atoms in total. The molecule has 0 unspecified atom stereocenters. The van der Waals surface area contributed by atoms with E-state index in [1.54, 1.807) is 56.3 Å². The number of rotatable bonds is 4. The van der Waals surface area contributed by atoms with Gasteiger partial charge in [0.15, 0.2) is 0 Å². The molecule has 0 aliphatic carbocycles. The van der Waals surface area contributed by atoms with Gasteiger partial charge in [-0.25, -0.2) is 4.79 Å². The van der Waals surface area contributed by atoms with Crippen LogP contribution in [0.2, 0.25) is 0 Å². The van der Waals surface area contributed by atoms with Crippen LogP contribution in [0.25, 0.3) is 10.9 Å². The van der Waals surface area contributed by atoms with Gasteiger partial charge in [0.25, 0.3) is 17.4 Å². The molecule has 2 aromatic carbocycles. The van der Waals surface area contributed by atoms with Crippen molar-refractivity contribution >= 4 is 28.4 Å². The molecule has 154 valence electrons. The van der Waals surface area contributed by atoms with Gasteiger partial charge >= 0.3 is 5.69 Å². The fourth-order valence-electron chi connectivity index (χ4n) is 3.76. The van der Waals surface area contributed by atoms with Gasteiger partial charge in [-0.2, -0.15) is 0 Å². The van der Waals surface area contributed by atoms with Crippen molar-refractivity contribution in [1.82, 2.24) is 14.0 Å². The number of imide groups is 1. The number of anilines is 1. The zero-order valence-electron chi connectivity index (χ0n) is 17.2. The molecular formula is C22H22N4O4. The van der Waals surface area contributed by atoms with Crippen molar-refractivity contribution in [2.45, 2.75) is 26.6 Å². The molecule has 8 heteroatoms. The number of hydrogen-bond donors (Lipinski definition) is 0. The first-order valence-electron chi connectivity index (χ1n) is 9.64. The molecule has 0 saturated heterocycles. The molecule has 0 fully saturated rings. The average molecular weight is 406 g/mol. The number of carbonyl (C=O) groups is 2. The highest BCUT2D eigenvalue weighted by atomic mass is 16.2. The monoisotopic (exact) mass is 406 g/mol. The molecule has 2 amide bonds. The Morgan fingerprint density at radius 3 is 2.03 bits per heavy atom. The quantitative estimate of drug-likeness (QED) is 0.620. The molecule has 0 saturated carbocycles. The molecule has 30 heavy (non-hydrogen) atoms. The third kappa shape index (κ3) is 2.83. The summed E-state index contributed by atoms with van der Waals surface area (Å²) in [5, 5.41) is 0.353. The Bertz CT molecular complexity index is 1280. The summed E-state index contributed by atoms with van der Waals surface area (Å²) in [6, 6.07) is 11.4. The van der Waals surface area contributed by atoms with Crippen LogP contribution in [0.1, 0.15) is 40.6 Å². The maximum Gasteiger partial charge on any atom is 0.333 e. The van der Waals surface area contributed by atoms with Gasteiger partial charge in [-0.1, -0.05) is 12.1 Å². The maximum atomic E-state index is 13.2. The van der Waals surface area contributed by atoms with Crippen LogP contribution in [-0.2, 0) is 6.67 Å². The van der Waals surface area contributed by atoms with E-state index >= 15 is 0 Å².